The van der Waals surface area contributed by atoms with Crippen LogP contribution in [0.3, 0.4) is 0 Å². The second kappa shape index (κ2) is 6.46. The van der Waals surface area contributed by atoms with E-state index in [1.54, 1.807) is 0 Å². The smallest absolute Gasteiger partial charge is 0.143 e. The molecule has 106 valence electrons. The maximum atomic E-state index is 13.9. The molecule has 0 aliphatic carbocycles. The Morgan fingerprint density at radius 2 is 1.80 bits per heavy atom. The monoisotopic (exact) mass is 339 g/mol. The Bertz CT molecular complexity index is 613. The predicted octanol–water partition coefficient (Wildman–Crippen LogP) is 4.15. The zero-order valence-corrected chi connectivity index (χ0v) is 12.8. The quantitative estimate of drug-likeness (QED) is 0.832. The van der Waals surface area contributed by atoms with E-state index in [1.807, 2.05) is 31.2 Å². The molecule has 0 amide bonds. The highest BCUT2D eigenvalue weighted by Crippen LogP contribution is 2.23. The van der Waals surface area contributed by atoms with Crippen molar-refractivity contribution in [2.75, 3.05) is 0 Å². The van der Waals surface area contributed by atoms with Crippen LogP contribution >= 0.6 is 15.9 Å². The van der Waals surface area contributed by atoms with Crippen LogP contribution in [0.15, 0.2) is 40.9 Å². The fraction of sp³-hybridized carbons (Fsp3) is 0.250. The Morgan fingerprint density at radius 3 is 2.50 bits per heavy atom. The summed E-state index contributed by atoms with van der Waals surface area (Å²) in [5.41, 5.74) is 8.33. The number of rotatable bonds is 4. The lowest BCUT2D eigenvalue weighted by molar-refractivity contribution is 0.530. The van der Waals surface area contributed by atoms with Crippen LogP contribution in [-0.2, 0) is 12.8 Å². The van der Waals surface area contributed by atoms with E-state index in [9.17, 15) is 8.78 Å². The minimum absolute atomic E-state index is 0.0421. The Labute approximate surface area is 125 Å². The molecule has 0 saturated heterocycles. The summed E-state index contributed by atoms with van der Waals surface area (Å²) >= 11 is 3.07. The highest BCUT2D eigenvalue weighted by Gasteiger charge is 2.16. The van der Waals surface area contributed by atoms with Crippen molar-refractivity contribution in [1.29, 1.82) is 0 Å². The lowest BCUT2D eigenvalue weighted by Crippen LogP contribution is -2.27. The fourth-order valence-electron chi connectivity index (χ4n) is 2.21. The lowest BCUT2D eigenvalue weighted by atomic mass is 9.96. The van der Waals surface area contributed by atoms with Crippen LogP contribution in [0.25, 0.3) is 0 Å². The van der Waals surface area contributed by atoms with Crippen LogP contribution in [0.5, 0.6) is 0 Å². The second-order valence-electron chi connectivity index (χ2n) is 4.92. The van der Waals surface area contributed by atoms with Crippen molar-refractivity contribution in [3.8, 4) is 0 Å². The first-order valence-electron chi connectivity index (χ1n) is 6.41. The van der Waals surface area contributed by atoms with E-state index < -0.39 is 11.6 Å². The summed E-state index contributed by atoms with van der Waals surface area (Å²) in [5, 5.41) is 0. The molecule has 0 aromatic heterocycles. The Balaban J connectivity index is 2.15. The van der Waals surface area contributed by atoms with Gasteiger partial charge in [0.15, 0.2) is 0 Å². The summed E-state index contributed by atoms with van der Waals surface area (Å²) in [7, 11) is 0. The molecule has 2 aromatic carbocycles. The summed E-state index contributed by atoms with van der Waals surface area (Å²) in [6.07, 6.45) is 0.767. The molecule has 1 atom stereocenters. The molecule has 0 fully saturated rings. The van der Waals surface area contributed by atoms with Crippen LogP contribution in [-0.4, -0.2) is 6.04 Å². The molecular formula is C16H16BrF2N. The van der Waals surface area contributed by atoms with Gasteiger partial charge in [0.05, 0.1) is 4.47 Å². The van der Waals surface area contributed by atoms with Gasteiger partial charge in [-0.05, 0) is 59.0 Å². The predicted molar refractivity (Wildman–Crippen MR) is 80.6 cm³/mol. The normalized spacial score (nSPS) is 12.4. The van der Waals surface area contributed by atoms with Gasteiger partial charge in [-0.2, -0.15) is 0 Å². The number of benzene rings is 2. The van der Waals surface area contributed by atoms with Crippen molar-refractivity contribution in [1.82, 2.24) is 0 Å². The van der Waals surface area contributed by atoms with Crippen molar-refractivity contribution in [3.63, 3.8) is 0 Å². The van der Waals surface area contributed by atoms with Gasteiger partial charge in [0, 0.05) is 11.6 Å². The summed E-state index contributed by atoms with van der Waals surface area (Å²) < 4.78 is 27.9. The molecule has 0 bridgehead atoms. The molecule has 2 aromatic rings. The minimum atomic E-state index is -0.565. The average Bonchev–Trinajstić information content (AvgIpc) is 2.42. The zero-order valence-electron chi connectivity index (χ0n) is 11.2. The maximum absolute atomic E-state index is 13.9. The minimum Gasteiger partial charge on any atom is -0.327 e. The first-order chi connectivity index (χ1) is 9.49. The van der Waals surface area contributed by atoms with E-state index in [1.165, 1.54) is 12.1 Å². The van der Waals surface area contributed by atoms with Crippen LogP contribution < -0.4 is 5.73 Å². The number of nitrogens with two attached hydrogens (primary N) is 1. The molecule has 20 heavy (non-hydrogen) atoms. The summed E-state index contributed by atoms with van der Waals surface area (Å²) in [6, 6.07) is 10.2. The third-order valence-corrected chi connectivity index (χ3v) is 3.96. The van der Waals surface area contributed by atoms with Gasteiger partial charge in [-0.3, -0.25) is 0 Å². The van der Waals surface area contributed by atoms with Crippen LogP contribution in [0.4, 0.5) is 8.78 Å². The molecule has 0 aliphatic rings. The van der Waals surface area contributed by atoms with Gasteiger partial charge < -0.3 is 5.73 Å². The van der Waals surface area contributed by atoms with Crippen LogP contribution in [0, 0.1) is 18.6 Å². The molecule has 0 saturated carbocycles. The summed E-state index contributed by atoms with van der Waals surface area (Å²) in [4.78, 5) is 0. The van der Waals surface area contributed by atoms with Gasteiger partial charge in [-0.1, -0.05) is 24.3 Å². The molecule has 1 unspecified atom stereocenters. The van der Waals surface area contributed by atoms with Crippen LogP contribution in [0.2, 0.25) is 0 Å². The van der Waals surface area contributed by atoms with Crippen molar-refractivity contribution in [2.24, 2.45) is 5.73 Å². The number of halogens is 3. The van der Waals surface area contributed by atoms with E-state index in [0.29, 0.717) is 6.42 Å². The van der Waals surface area contributed by atoms with Gasteiger partial charge in [0.25, 0.3) is 0 Å². The van der Waals surface area contributed by atoms with E-state index in [2.05, 4.69) is 15.9 Å². The first kappa shape index (κ1) is 15.1. The number of hydrogen-bond acceptors (Lipinski definition) is 1. The topological polar surface area (TPSA) is 26.0 Å². The van der Waals surface area contributed by atoms with Gasteiger partial charge in [0.2, 0.25) is 0 Å². The van der Waals surface area contributed by atoms with Gasteiger partial charge in [0.1, 0.15) is 11.6 Å². The van der Waals surface area contributed by atoms with Gasteiger partial charge in [-0.25, -0.2) is 8.78 Å². The van der Waals surface area contributed by atoms with E-state index in [-0.39, 0.29) is 22.5 Å². The van der Waals surface area contributed by atoms with Gasteiger partial charge in [-0.15, -0.1) is 0 Å². The maximum Gasteiger partial charge on any atom is 0.143 e. The summed E-state index contributed by atoms with van der Waals surface area (Å²) in [6.45, 7) is 2.00. The first-order valence-corrected chi connectivity index (χ1v) is 7.20. The van der Waals surface area contributed by atoms with Crippen LogP contribution in [0.1, 0.15) is 16.7 Å². The molecule has 2 N–H and O–H groups in total. The standard InChI is InChI=1S/C16H16BrF2N/c1-10-4-2-3-5-11(10)8-12(20)9-13-15(18)7-6-14(17)16(13)19/h2-7,12H,8-9,20H2,1H3. The van der Waals surface area contributed by atoms with E-state index >= 15 is 0 Å². The average molecular weight is 340 g/mol. The fourth-order valence-corrected chi connectivity index (χ4v) is 2.58. The molecule has 0 spiro atoms. The van der Waals surface area contributed by atoms with Crippen molar-refractivity contribution >= 4 is 15.9 Å². The third-order valence-electron chi connectivity index (χ3n) is 3.35. The molecule has 4 heteroatoms. The van der Waals surface area contributed by atoms with E-state index in [0.717, 1.165) is 11.1 Å². The number of aryl methyl sites for hydroxylation is 1. The highest BCUT2D eigenvalue weighted by atomic mass is 79.9. The Morgan fingerprint density at radius 1 is 1.10 bits per heavy atom. The highest BCUT2D eigenvalue weighted by molar-refractivity contribution is 9.10. The Hall–Kier alpha value is -1.26. The number of hydrogen-bond donors (Lipinski definition) is 1. The Kier molecular flexibility index (Phi) is 4.89. The molecule has 2 rings (SSSR count). The third kappa shape index (κ3) is 3.44. The van der Waals surface area contributed by atoms with E-state index in [4.69, 9.17) is 5.73 Å². The largest absolute Gasteiger partial charge is 0.327 e. The molecular weight excluding hydrogens is 324 g/mol. The lowest BCUT2D eigenvalue weighted by Gasteiger charge is -2.15. The summed E-state index contributed by atoms with van der Waals surface area (Å²) in [5.74, 6) is -1.11. The molecule has 0 radical (unpaired) electrons. The SMILES string of the molecule is Cc1ccccc1CC(N)Cc1c(F)ccc(Br)c1F. The van der Waals surface area contributed by atoms with Crippen molar-refractivity contribution in [3.05, 3.63) is 69.2 Å². The molecule has 0 heterocycles. The molecule has 1 nitrogen and oxygen atoms in total. The second-order valence-corrected chi connectivity index (χ2v) is 5.77. The molecule has 0 aliphatic heterocycles. The van der Waals surface area contributed by atoms with Crippen molar-refractivity contribution in [2.45, 2.75) is 25.8 Å². The van der Waals surface area contributed by atoms with Gasteiger partial charge >= 0.3 is 0 Å². The van der Waals surface area contributed by atoms with Crippen molar-refractivity contribution < 1.29 is 8.78 Å². The zero-order chi connectivity index (χ0) is 14.7.